The number of benzene rings is 2. The summed E-state index contributed by atoms with van der Waals surface area (Å²) >= 11 is 0. The van der Waals surface area contributed by atoms with E-state index in [9.17, 15) is 0 Å². The molecule has 0 amide bonds. The van der Waals surface area contributed by atoms with E-state index >= 15 is 0 Å². The second-order valence-corrected chi connectivity index (χ2v) is 8.69. The molecule has 5 rings (SSSR count). The molecule has 28 heavy (non-hydrogen) atoms. The van der Waals surface area contributed by atoms with Crippen molar-refractivity contribution in [1.82, 2.24) is 4.57 Å². The van der Waals surface area contributed by atoms with Crippen molar-refractivity contribution in [1.29, 1.82) is 0 Å². The fourth-order valence-corrected chi connectivity index (χ4v) is 4.85. The van der Waals surface area contributed by atoms with Crippen LogP contribution in [0.15, 0.2) is 72.8 Å². The summed E-state index contributed by atoms with van der Waals surface area (Å²) in [5, 5.41) is 1.41. The van der Waals surface area contributed by atoms with Gasteiger partial charge in [0.15, 0.2) is 0 Å². The Morgan fingerprint density at radius 1 is 1.04 bits per heavy atom. The average Bonchev–Trinajstić information content (AvgIpc) is 3.02. The Morgan fingerprint density at radius 3 is 2.68 bits per heavy atom. The van der Waals surface area contributed by atoms with E-state index in [2.05, 4.69) is 104 Å². The number of hydrogen-bond acceptors (Lipinski definition) is 0. The number of fused-ring (bicyclic) bond motifs is 3. The van der Waals surface area contributed by atoms with Crippen LogP contribution in [-0.4, -0.2) is 4.57 Å². The van der Waals surface area contributed by atoms with Crippen molar-refractivity contribution in [3.05, 3.63) is 89.7 Å². The molecule has 2 aromatic carbocycles. The van der Waals surface area contributed by atoms with Crippen LogP contribution in [-0.2, 0) is 12.0 Å². The Kier molecular flexibility index (Phi) is 3.94. The van der Waals surface area contributed by atoms with Crippen molar-refractivity contribution in [3.63, 3.8) is 0 Å². The van der Waals surface area contributed by atoms with Gasteiger partial charge in [-0.1, -0.05) is 73.2 Å². The lowest BCUT2D eigenvalue weighted by Gasteiger charge is -2.32. The zero-order valence-electron chi connectivity index (χ0n) is 16.9. The van der Waals surface area contributed by atoms with Crippen LogP contribution >= 0.6 is 0 Å². The molecule has 1 aromatic heterocycles. The average molecular weight is 366 g/mol. The molecule has 2 atom stereocenters. The minimum atomic E-state index is -0.0175. The summed E-state index contributed by atoms with van der Waals surface area (Å²) in [7, 11) is 0. The van der Waals surface area contributed by atoms with Crippen LogP contribution in [0.5, 0.6) is 0 Å². The molecule has 0 saturated heterocycles. The van der Waals surface area contributed by atoms with Crippen molar-refractivity contribution in [3.8, 4) is 11.1 Å². The zero-order valence-corrected chi connectivity index (χ0v) is 16.9. The summed E-state index contributed by atoms with van der Waals surface area (Å²) in [6, 6.07) is 15.9. The highest BCUT2D eigenvalue weighted by atomic mass is 15.1. The first kappa shape index (κ1) is 17.3. The molecule has 2 unspecified atom stereocenters. The first-order chi connectivity index (χ1) is 13.5. The molecule has 2 aliphatic carbocycles. The van der Waals surface area contributed by atoms with Crippen LogP contribution in [0.3, 0.4) is 0 Å². The summed E-state index contributed by atoms with van der Waals surface area (Å²) in [6.07, 6.45) is 15.9. The van der Waals surface area contributed by atoms with Gasteiger partial charge in [0.2, 0.25) is 0 Å². The Hall–Kier alpha value is -2.80. The van der Waals surface area contributed by atoms with Crippen molar-refractivity contribution < 1.29 is 0 Å². The summed E-state index contributed by atoms with van der Waals surface area (Å²) in [4.78, 5) is 0. The van der Waals surface area contributed by atoms with Crippen LogP contribution in [0.1, 0.15) is 37.1 Å². The molecule has 2 aliphatic rings. The lowest BCUT2D eigenvalue weighted by molar-refractivity contribution is 0.421. The predicted molar refractivity (Wildman–Crippen MR) is 121 cm³/mol. The van der Waals surface area contributed by atoms with Gasteiger partial charge < -0.3 is 4.57 Å². The van der Waals surface area contributed by atoms with E-state index in [0.717, 1.165) is 12.8 Å². The number of nitrogens with zero attached hydrogens (tertiary/aromatic N) is 1. The highest BCUT2D eigenvalue weighted by Crippen LogP contribution is 2.41. The van der Waals surface area contributed by atoms with E-state index in [1.54, 1.807) is 0 Å². The van der Waals surface area contributed by atoms with Crippen LogP contribution < -0.4 is 0 Å². The highest BCUT2D eigenvalue weighted by Gasteiger charge is 2.30. The van der Waals surface area contributed by atoms with Gasteiger partial charge in [0, 0.05) is 16.6 Å². The van der Waals surface area contributed by atoms with E-state index in [1.165, 1.54) is 38.9 Å². The molecule has 140 valence electrons. The largest absolute Gasteiger partial charge is 0.331 e. The second-order valence-electron chi connectivity index (χ2n) is 8.69. The quantitative estimate of drug-likeness (QED) is 0.458. The van der Waals surface area contributed by atoms with E-state index in [-0.39, 0.29) is 5.54 Å². The van der Waals surface area contributed by atoms with Crippen molar-refractivity contribution in [2.24, 2.45) is 5.92 Å². The molecule has 0 bridgehead atoms. The van der Waals surface area contributed by atoms with Crippen molar-refractivity contribution >= 4 is 17.0 Å². The summed E-state index contributed by atoms with van der Waals surface area (Å²) in [5.74, 6) is 0.587. The van der Waals surface area contributed by atoms with Gasteiger partial charge in [0.05, 0.1) is 5.54 Å². The van der Waals surface area contributed by atoms with Crippen LogP contribution in [0.25, 0.3) is 28.1 Å². The molecule has 3 aromatic rings. The minimum absolute atomic E-state index is 0.0175. The molecule has 0 saturated carbocycles. The first-order valence-electron chi connectivity index (χ1n) is 10.3. The van der Waals surface area contributed by atoms with Crippen molar-refractivity contribution in [2.75, 3.05) is 0 Å². The van der Waals surface area contributed by atoms with E-state index in [0.29, 0.717) is 5.92 Å². The molecular formula is C27H27N. The second kappa shape index (κ2) is 6.38. The van der Waals surface area contributed by atoms with Gasteiger partial charge in [-0.25, -0.2) is 0 Å². The maximum absolute atomic E-state index is 2.57. The first-order valence-corrected chi connectivity index (χ1v) is 10.3. The van der Waals surface area contributed by atoms with Gasteiger partial charge in [-0.15, -0.1) is 0 Å². The molecule has 0 aliphatic heterocycles. The van der Waals surface area contributed by atoms with Crippen LogP contribution in [0.4, 0.5) is 0 Å². The molecule has 0 spiro atoms. The van der Waals surface area contributed by atoms with E-state index in [1.807, 2.05) is 0 Å². The Balaban J connectivity index is 1.77. The molecule has 0 radical (unpaired) electrons. The van der Waals surface area contributed by atoms with Gasteiger partial charge in [-0.2, -0.15) is 0 Å². The lowest BCUT2D eigenvalue weighted by Crippen LogP contribution is -2.29. The number of allylic oxidation sites excluding steroid dienone is 5. The zero-order chi connectivity index (χ0) is 19.3. The predicted octanol–water partition coefficient (Wildman–Crippen LogP) is 7.05. The highest BCUT2D eigenvalue weighted by molar-refractivity contribution is 5.93. The number of aromatic nitrogens is 1. The topological polar surface area (TPSA) is 4.93 Å². The third-order valence-electron chi connectivity index (χ3n) is 6.32. The molecule has 0 fully saturated rings. The molecule has 0 N–H and O–H groups in total. The maximum atomic E-state index is 2.57. The molecule has 1 heterocycles. The number of hydrogen-bond donors (Lipinski definition) is 0. The minimum Gasteiger partial charge on any atom is -0.331 e. The molecule has 1 nitrogen and oxygen atoms in total. The monoisotopic (exact) mass is 365 g/mol. The third-order valence-corrected chi connectivity index (χ3v) is 6.32. The van der Waals surface area contributed by atoms with Gasteiger partial charge in [-0.3, -0.25) is 0 Å². The third kappa shape index (κ3) is 2.69. The van der Waals surface area contributed by atoms with Crippen LogP contribution in [0, 0.1) is 12.8 Å². The normalized spacial score (nSPS) is 23.3. The summed E-state index contributed by atoms with van der Waals surface area (Å²) < 4.78 is 2.57. The Labute approximate surface area is 167 Å². The van der Waals surface area contributed by atoms with Gasteiger partial charge in [0.25, 0.3) is 0 Å². The smallest absolute Gasteiger partial charge is 0.0643 e. The molecule has 1 heteroatoms. The van der Waals surface area contributed by atoms with Gasteiger partial charge >= 0.3 is 0 Å². The Bertz CT molecular complexity index is 1150. The summed E-state index contributed by atoms with van der Waals surface area (Å²) in [5.41, 5.74) is 8.14. The standard InChI is InChI=1S/C27H27N/c1-19-8-7-9-21(16-19)22-11-13-26-24(18-22)23-17-20(2)10-12-25(23)28(26)27(3)14-5-4-6-15-27/h4-14,16,18,20H,15,17H2,1-3H3. The SMILES string of the molecule is Cc1cccc(-c2ccc3c(c2)c2c(n3C3(C)C=CC=CC3)C=CC(C)C2)c1. The molecular weight excluding hydrogens is 338 g/mol. The van der Waals surface area contributed by atoms with E-state index in [4.69, 9.17) is 0 Å². The number of aryl methyl sites for hydroxylation is 1. The van der Waals surface area contributed by atoms with Gasteiger partial charge in [-0.05, 0) is 67.5 Å². The lowest BCUT2D eigenvalue weighted by atomic mass is 9.90. The fourth-order valence-electron chi connectivity index (χ4n) is 4.85. The fraction of sp³-hybridized carbons (Fsp3) is 0.259. The van der Waals surface area contributed by atoms with E-state index < -0.39 is 0 Å². The summed E-state index contributed by atoms with van der Waals surface area (Å²) in [6.45, 7) is 6.83. The van der Waals surface area contributed by atoms with Crippen molar-refractivity contribution in [2.45, 2.75) is 39.2 Å². The van der Waals surface area contributed by atoms with Gasteiger partial charge in [0.1, 0.15) is 0 Å². The Morgan fingerprint density at radius 2 is 1.89 bits per heavy atom. The number of rotatable bonds is 2. The van der Waals surface area contributed by atoms with Crippen LogP contribution in [0.2, 0.25) is 0 Å². The maximum Gasteiger partial charge on any atom is 0.0643 e.